The number of hydrogen-bond donors (Lipinski definition) is 2. The van der Waals surface area contributed by atoms with Crippen molar-refractivity contribution in [1.29, 1.82) is 0 Å². The first kappa shape index (κ1) is 13.8. The lowest BCUT2D eigenvalue weighted by Gasteiger charge is -2.23. The Hall–Kier alpha value is -0.630. The monoisotopic (exact) mass is 334 g/mol. The smallest absolute Gasteiger partial charge is 0.245 e. The lowest BCUT2D eigenvalue weighted by atomic mass is 10.2. The predicted octanol–water partition coefficient (Wildman–Crippen LogP) is 1.18. The van der Waals surface area contributed by atoms with Crippen molar-refractivity contribution >= 4 is 31.6 Å². The van der Waals surface area contributed by atoms with Gasteiger partial charge in [0.25, 0.3) is 0 Å². The Morgan fingerprint density at radius 2 is 2.22 bits per heavy atom. The second-order valence-electron chi connectivity index (χ2n) is 4.28. The van der Waals surface area contributed by atoms with Gasteiger partial charge in [0, 0.05) is 17.1 Å². The summed E-state index contributed by atoms with van der Waals surface area (Å²) in [6.07, 6.45) is 1.45. The maximum absolute atomic E-state index is 12.5. The summed E-state index contributed by atoms with van der Waals surface area (Å²) in [7, 11) is -3.63. The number of nitrogens with zero attached hydrogens (tertiary/aromatic N) is 1. The largest absolute Gasteiger partial charge is 0.398 e. The van der Waals surface area contributed by atoms with E-state index < -0.39 is 10.0 Å². The average Bonchev–Trinajstić information content (AvgIpc) is 2.81. The number of rotatable bonds is 3. The molecule has 1 saturated heterocycles. The Morgan fingerprint density at radius 3 is 2.89 bits per heavy atom. The van der Waals surface area contributed by atoms with Crippen LogP contribution in [0.3, 0.4) is 0 Å². The van der Waals surface area contributed by atoms with Crippen molar-refractivity contribution in [3.8, 4) is 0 Å². The SMILES string of the molecule is Nc1ccc(Br)cc1S(=O)(=O)N1CCCC1CO. The van der Waals surface area contributed by atoms with Gasteiger partial charge in [0.2, 0.25) is 10.0 Å². The molecule has 1 aromatic rings. The molecule has 0 radical (unpaired) electrons. The lowest BCUT2D eigenvalue weighted by molar-refractivity contribution is 0.213. The summed E-state index contributed by atoms with van der Waals surface area (Å²) < 4.78 is 27.0. The summed E-state index contributed by atoms with van der Waals surface area (Å²) in [6, 6.07) is 4.41. The second kappa shape index (κ2) is 5.16. The number of hydrogen-bond acceptors (Lipinski definition) is 4. The minimum atomic E-state index is -3.63. The van der Waals surface area contributed by atoms with Crippen molar-refractivity contribution in [3.05, 3.63) is 22.7 Å². The molecule has 7 heteroatoms. The average molecular weight is 335 g/mol. The van der Waals surface area contributed by atoms with Crippen LogP contribution >= 0.6 is 15.9 Å². The van der Waals surface area contributed by atoms with Crippen molar-refractivity contribution in [2.45, 2.75) is 23.8 Å². The topological polar surface area (TPSA) is 83.6 Å². The third-order valence-corrected chi connectivity index (χ3v) is 5.60. The summed E-state index contributed by atoms with van der Waals surface area (Å²) >= 11 is 3.24. The van der Waals surface area contributed by atoms with Crippen molar-refractivity contribution < 1.29 is 13.5 Å². The van der Waals surface area contributed by atoms with E-state index in [1.54, 1.807) is 12.1 Å². The minimum Gasteiger partial charge on any atom is -0.398 e. The van der Waals surface area contributed by atoms with E-state index in [9.17, 15) is 13.5 Å². The van der Waals surface area contributed by atoms with Crippen molar-refractivity contribution in [2.75, 3.05) is 18.9 Å². The molecule has 1 heterocycles. The van der Waals surface area contributed by atoms with Crippen LogP contribution in [0.2, 0.25) is 0 Å². The van der Waals surface area contributed by atoms with E-state index >= 15 is 0 Å². The quantitative estimate of drug-likeness (QED) is 0.813. The number of aliphatic hydroxyl groups is 1. The van der Waals surface area contributed by atoms with E-state index in [0.717, 1.165) is 6.42 Å². The lowest BCUT2D eigenvalue weighted by Crippen LogP contribution is -2.37. The Kier molecular flexibility index (Phi) is 3.96. The van der Waals surface area contributed by atoms with Crippen LogP contribution in [-0.4, -0.2) is 37.0 Å². The molecule has 3 N–H and O–H groups in total. The molecule has 100 valence electrons. The van der Waals surface area contributed by atoms with Gasteiger partial charge in [-0.05, 0) is 31.0 Å². The summed E-state index contributed by atoms with van der Waals surface area (Å²) in [5.41, 5.74) is 5.96. The van der Waals surface area contributed by atoms with Gasteiger partial charge in [-0.2, -0.15) is 4.31 Å². The number of sulfonamides is 1. The highest BCUT2D eigenvalue weighted by molar-refractivity contribution is 9.10. The molecule has 18 heavy (non-hydrogen) atoms. The molecule has 1 aliphatic rings. The molecule has 0 saturated carbocycles. The first-order chi connectivity index (χ1) is 8.46. The molecule has 0 amide bonds. The summed E-state index contributed by atoms with van der Waals surface area (Å²) in [5.74, 6) is 0. The zero-order valence-corrected chi connectivity index (χ0v) is 12.1. The molecule has 1 fully saturated rings. The van der Waals surface area contributed by atoms with E-state index in [1.807, 2.05) is 0 Å². The maximum atomic E-state index is 12.5. The van der Waals surface area contributed by atoms with Gasteiger partial charge in [0.1, 0.15) is 4.90 Å². The van der Waals surface area contributed by atoms with E-state index in [2.05, 4.69) is 15.9 Å². The highest BCUT2D eigenvalue weighted by atomic mass is 79.9. The summed E-state index contributed by atoms with van der Waals surface area (Å²) in [4.78, 5) is 0.0947. The van der Waals surface area contributed by atoms with Gasteiger partial charge in [-0.3, -0.25) is 0 Å². The molecule has 0 aliphatic carbocycles. The van der Waals surface area contributed by atoms with Crippen molar-refractivity contribution in [3.63, 3.8) is 0 Å². The fourth-order valence-electron chi connectivity index (χ4n) is 2.17. The summed E-state index contributed by atoms with van der Waals surface area (Å²) in [6.45, 7) is 0.270. The summed E-state index contributed by atoms with van der Waals surface area (Å²) in [5, 5.41) is 9.22. The van der Waals surface area contributed by atoms with Gasteiger partial charge in [0.15, 0.2) is 0 Å². The van der Waals surface area contributed by atoms with Gasteiger partial charge >= 0.3 is 0 Å². The number of benzene rings is 1. The van der Waals surface area contributed by atoms with Crippen LogP contribution in [0.1, 0.15) is 12.8 Å². The van der Waals surface area contributed by atoms with Crippen molar-refractivity contribution in [1.82, 2.24) is 4.31 Å². The third-order valence-electron chi connectivity index (χ3n) is 3.10. The van der Waals surface area contributed by atoms with Crippen LogP contribution in [0, 0.1) is 0 Å². The maximum Gasteiger partial charge on any atom is 0.245 e. The Labute approximate surface area is 115 Å². The van der Waals surface area contributed by atoms with E-state index in [1.165, 1.54) is 10.4 Å². The van der Waals surface area contributed by atoms with Crippen LogP contribution in [0.5, 0.6) is 0 Å². The first-order valence-corrected chi connectivity index (χ1v) is 7.88. The number of anilines is 1. The van der Waals surface area contributed by atoms with Crippen LogP contribution in [0.4, 0.5) is 5.69 Å². The fraction of sp³-hybridized carbons (Fsp3) is 0.455. The zero-order chi connectivity index (χ0) is 13.3. The van der Waals surface area contributed by atoms with Gasteiger partial charge in [-0.15, -0.1) is 0 Å². The Balaban J connectivity index is 2.45. The highest BCUT2D eigenvalue weighted by Crippen LogP contribution is 2.30. The van der Waals surface area contributed by atoms with Crippen LogP contribution in [0.15, 0.2) is 27.6 Å². The van der Waals surface area contributed by atoms with Crippen molar-refractivity contribution in [2.24, 2.45) is 0 Å². The zero-order valence-electron chi connectivity index (χ0n) is 9.71. The standard InChI is InChI=1S/C11H15BrN2O3S/c12-8-3-4-10(13)11(6-8)18(16,17)14-5-1-2-9(14)7-15/h3-4,6,9,15H,1-2,5,7,13H2. The molecule has 2 rings (SSSR count). The predicted molar refractivity (Wildman–Crippen MR) is 72.6 cm³/mol. The van der Waals surface area contributed by atoms with Gasteiger partial charge < -0.3 is 10.8 Å². The molecule has 1 aliphatic heterocycles. The first-order valence-electron chi connectivity index (χ1n) is 5.64. The number of aliphatic hydroxyl groups excluding tert-OH is 1. The number of nitrogens with two attached hydrogens (primary N) is 1. The number of nitrogen functional groups attached to an aromatic ring is 1. The molecular formula is C11H15BrN2O3S. The molecule has 1 unspecified atom stereocenters. The van der Waals surface area contributed by atoms with Crippen LogP contribution in [-0.2, 0) is 10.0 Å². The normalized spacial score (nSPS) is 21.3. The Morgan fingerprint density at radius 1 is 1.50 bits per heavy atom. The van der Waals surface area contributed by atoms with E-state index in [0.29, 0.717) is 17.4 Å². The second-order valence-corrected chi connectivity index (χ2v) is 7.05. The minimum absolute atomic E-state index is 0.0947. The molecule has 0 aromatic heterocycles. The Bertz CT molecular complexity index is 547. The molecule has 5 nitrogen and oxygen atoms in total. The van der Waals surface area contributed by atoms with Crippen LogP contribution in [0.25, 0.3) is 0 Å². The molecule has 0 spiro atoms. The number of halogens is 1. The molecule has 0 bridgehead atoms. The van der Waals surface area contributed by atoms with E-state index in [-0.39, 0.29) is 23.2 Å². The highest BCUT2D eigenvalue weighted by Gasteiger charge is 2.35. The fourth-order valence-corrected chi connectivity index (χ4v) is 4.51. The van der Waals surface area contributed by atoms with Gasteiger partial charge in [-0.1, -0.05) is 15.9 Å². The molecule has 1 atom stereocenters. The molecule has 1 aromatic carbocycles. The van der Waals surface area contributed by atoms with Crippen LogP contribution < -0.4 is 5.73 Å². The van der Waals surface area contributed by atoms with Gasteiger partial charge in [-0.25, -0.2) is 8.42 Å². The molecular weight excluding hydrogens is 320 g/mol. The van der Waals surface area contributed by atoms with E-state index in [4.69, 9.17) is 5.73 Å². The third kappa shape index (κ3) is 2.40. The van der Waals surface area contributed by atoms with Gasteiger partial charge in [0.05, 0.1) is 12.3 Å².